The second-order valence-electron chi connectivity index (χ2n) is 14.6. The molecule has 0 unspecified atom stereocenters. The van der Waals surface area contributed by atoms with E-state index in [0.717, 1.165) is 77.1 Å². The molecule has 0 aliphatic carbocycles. The summed E-state index contributed by atoms with van der Waals surface area (Å²) in [4.78, 5) is 50.9. The molecule has 5 aromatic heterocycles. The fourth-order valence-corrected chi connectivity index (χ4v) is 7.73. The van der Waals surface area contributed by atoms with E-state index in [1.807, 2.05) is 36.4 Å². The molecule has 19 heteroatoms. The van der Waals surface area contributed by atoms with Gasteiger partial charge in [0.1, 0.15) is 27.3 Å². The van der Waals surface area contributed by atoms with Crippen molar-refractivity contribution in [1.82, 2.24) is 34.8 Å². The van der Waals surface area contributed by atoms with Gasteiger partial charge in [0.25, 0.3) is 11.8 Å². The molecule has 7 heterocycles. The number of thiophene rings is 2. The van der Waals surface area contributed by atoms with E-state index in [2.05, 4.69) is 46.6 Å². The zero-order chi connectivity index (χ0) is 41.9. The van der Waals surface area contributed by atoms with Gasteiger partial charge in [-0.3, -0.25) is 24.2 Å². The van der Waals surface area contributed by atoms with Crippen molar-refractivity contribution in [2.75, 3.05) is 63.2 Å². The molecule has 2 amide bonds. The van der Waals surface area contributed by atoms with Crippen molar-refractivity contribution >= 4 is 62.1 Å². The first kappa shape index (κ1) is 42.8. The highest BCUT2D eigenvalue weighted by Gasteiger charge is 2.24. The second-order valence-corrected chi connectivity index (χ2v) is 16.7. The first-order chi connectivity index (χ1) is 28.3. The summed E-state index contributed by atoms with van der Waals surface area (Å²) in [5, 5.41) is 15.7. The van der Waals surface area contributed by atoms with Crippen molar-refractivity contribution in [3.05, 3.63) is 82.1 Å². The van der Waals surface area contributed by atoms with Gasteiger partial charge in [-0.15, -0.1) is 34.2 Å². The van der Waals surface area contributed by atoms with Crippen LogP contribution in [-0.2, 0) is 38.8 Å². The monoisotopic (exact) mass is 841 g/mol. The van der Waals surface area contributed by atoms with Crippen molar-refractivity contribution in [1.29, 1.82) is 0 Å². The van der Waals surface area contributed by atoms with Crippen molar-refractivity contribution in [3.8, 4) is 22.9 Å². The van der Waals surface area contributed by atoms with Crippen LogP contribution >= 0.6 is 22.7 Å². The molecule has 0 aromatic carbocycles. The average Bonchev–Trinajstić information content (AvgIpc) is 3.97. The van der Waals surface area contributed by atoms with Gasteiger partial charge < -0.3 is 36.3 Å². The summed E-state index contributed by atoms with van der Waals surface area (Å²) in [6, 6.07) is 14.8. The number of nitrogens with two attached hydrogens (primary N) is 2. The van der Waals surface area contributed by atoms with Crippen LogP contribution in [0.15, 0.2) is 54.7 Å². The number of esters is 1. The van der Waals surface area contributed by atoms with Crippen LogP contribution in [0, 0.1) is 17.8 Å². The third kappa shape index (κ3) is 12.1. The molecule has 0 bridgehead atoms. The third-order valence-electron chi connectivity index (χ3n) is 8.94. The number of nitrogens with zero attached hydrogens (tertiary/aromatic N) is 7. The third-order valence-corrected chi connectivity index (χ3v) is 11.0. The van der Waals surface area contributed by atoms with Crippen LogP contribution in [0.25, 0.3) is 10.6 Å². The first-order valence-electron chi connectivity index (χ1n) is 18.8. The van der Waals surface area contributed by atoms with E-state index in [1.165, 1.54) is 27.4 Å². The van der Waals surface area contributed by atoms with Crippen molar-refractivity contribution in [3.63, 3.8) is 0 Å². The Morgan fingerprint density at radius 2 is 1.36 bits per heavy atom. The minimum atomic E-state index is -0.609. The number of hydrogen-bond acceptors (Lipinski definition) is 16. The Balaban J connectivity index is 0.000000213. The number of hydrogen-bond donors (Lipinski definition) is 4. The van der Waals surface area contributed by atoms with Gasteiger partial charge in [-0.1, -0.05) is 23.3 Å². The SMILES string of the molecule is C#Cc1cc(C(N)=O)c(Nc2cccc(CN3CCOCC3)n2)s1.CC(C)(C)C(=O)OCn1cc(-c2cc(C(N)=O)c(Nc3cccc(CN4CCOCC4)n3)s2)nn1. The van der Waals surface area contributed by atoms with E-state index >= 15 is 0 Å². The quantitative estimate of drug-likeness (QED) is 0.0954. The summed E-state index contributed by atoms with van der Waals surface area (Å²) in [5.74, 6) is 2.39. The van der Waals surface area contributed by atoms with Crippen LogP contribution in [0.1, 0.15) is 57.8 Å². The lowest BCUT2D eigenvalue weighted by Crippen LogP contribution is -2.35. The maximum absolute atomic E-state index is 12.1. The van der Waals surface area contributed by atoms with E-state index in [4.69, 9.17) is 32.1 Å². The van der Waals surface area contributed by atoms with Gasteiger partial charge in [0, 0.05) is 39.3 Å². The predicted molar refractivity (Wildman–Crippen MR) is 225 cm³/mol. The lowest BCUT2D eigenvalue weighted by Gasteiger charge is -2.26. The Hall–Kier alpha value is -5.75. The first-order valence-corrected chi connectivity index (χ1v) is 20.5. The summed E-state index contributed by atoms with van der Waals surface area (Å²) in [7, 11) is 0. The number of carbonyl (C=O) groups excluding carboxylic acids is 3. The Morgan fingerprint density at radius 3 is 1.86 bits per heavy atom. The second kappa shape index (κ2) is 19.8. The zero-order valence-corrected chi connectivity index (χ0v) is 34.7. The molecule has 7 rings (SSSR count). The number of anilines is 4. The number of aromatic nitrogens is 5. The summed E-state index contributed by atoms with van der Waals surface area (Å²) in [5.41, 5.74) is 13.6. The van der Waals surface area contributed by atoms with Crippen LogP contribution in [0.4, 0.5) is 21.6 Å². The molecule has 2 saturated heterocycles. The molecule has 2 fully saturated rings. The van der Waals surface area contributed by atoms with Gasteiger partial charge in [0.05, 0.1) is 70.3 Å². The smallest absolute Gasteiger partial charge is 0.313 e. The minimum Gasteiger partial charge on any atom is -0.442 e. The van der Waals surface area contributed by atoms with Gasteiger partial charge in [-0.05, 0) is 57.2 Å². The number of nitrogens with one attached hydrogen (secondary N) is 2. The molecule has 5 aromatic rings. The Labute approximate surface area is 350 Å². The molecule has 0 atom stereocenters. The largest absolute Gasteiger partial charge is 0.442 e. The Bertz CT molecular complexity index is 2280. The normalized spacial score (nSPS) is 14.7. The molecule has 17 nitrogen and oxygen atoms in total. The topological polar surface area (TPSA) is 218 Å². The van der Waals surface area contributed by atoms with E-state index < -0.39 is 17.2 Å². The number of rotatable bonds is 13. The molecule has 6 N–H and O–H groups in total. The summed E-state index contributed by atoms with van der Waals surface area (Å²) in [6.07, 6.45) is 7.05. The average molecular weight is 842 g/mol. The summed E-state index contributed by atoms with van der Waals surface area (Å²) < 4.78 is 17.5. The highest BCUT2D eigenvalue weighted by molar-refractivity contribution is 7.20. The maximum atomic E-state index is 12.1. The number of pyridine rings is 2. The molecular formula is C40H47N11O6S2. The van der Waals surface area contributed by atoms with Crippen molar-refractivity contribution in [2.24, 2.45) is 16.9 Å². The molecule has 0 spiro atoms. The van der Waals surface area contributed by atoms with Gasteiger partial charge in [-0.25, -0.2) is 14.6 Å². The van der Waals surface area contributed by atoms with Crippen LogP contribution in [-0.4, -0.2) is 105 Å². The van der Waals surface area contributed by atoms with Crippen molar-refractivity contribution in [2.45, 2.75) is 40.6 Å². The summed E-state index contributed by atoms with van der Waals surface area (Å²) in [6.45, 7) is 13.3. The molecule has 0 saturated carbocycles. The van der Waals surface area contributed by atoms with E-state index in [-0.39, 0.29) is 12.7 Å². The predicted octanol–water partition coefficient (Wildman–Crippen LogP) is 4.42. The number of primary amides is 2. The molecule has 0 radical (unpaired) electrons. The van der Waals surface area contributed by atoms with Crippen molar-refractivity contribution < 1.29 is 28.6 Å². The van der Waals surface area contributed by atoms with Crippen LogP contribution in [0.3, 0.4) is 0 Å². The van der Waals surface area contributed by atoms with Gasteiger partial charge in [-0.2, -0.15) is 0 Å². The van der Waals surface area contributed by atoms with E-state index in [9.17, 15) is 14.4 Å². The number of carbonyl (C=O) groups is 3. The number of ether oxygens (including phenoxy) is 3. The van der Waals surface area contributed by atoms with Gasteiger partial charge in [0.2, 0.25) is 0 Å². The molecule has 59 heavy (non-hydrogen) atoms. The fourth-order valence-electron chi connectivity index (χ4n) is 5.83. The lowest BCUT2D eigenvalue weighted by atomic mass is 9.98. The maximum Gasteiger partial charge on any atom is 0.313 e. The molecule has 2 aliphatic rings. The van der Waals surface area contributed by atoms with Crippen LogP contribution in [0.2, 0.25) is 0 Å². The van der Waals surface area contributed by atoms with Crippen LogP contribution in [0.5, 0.6) is 0 Å². The van der Waals surface area contributed by atoms with Gasteiger partial charge in [0.15, 0.2) is 6.73 Å². The number of terminal acetylenes is 1. The highest BCUT2D eigenvalue weighted by atomic mass is 32.1. The molecule has 310 valence electrons. The van der Waals surface area contributed by atoms with E-state index in [1.54, 1.807) is 39.1 Å². The Kier molecular flexibility index (Phi) is 14.4. The fraction of sp³-hybridized carbons (Fsp3) is 0.375. The van der Waals surface area contributed by atoms with Crippen LogP contribution < -0.4 is 22.1 Å². The highest BCUT2D eigenvalue weighted by Crippen LogP contribution is 2.36. The standard InChI is InChI=1S/C23H29N7O4S.C17H18N4O2S/c1-23(2,3)22(32)34-14-30-13-17(27-28-30)18-11-16(20(24)31)21(35-18)26-19-6-4-5-15(25-19)12-29-7-9-33-10-8-29;1-2-13-10-14(16(18)22)17(24-13)20-15-5-3-4-12(19-15)11-21-6-8-23-9-7-21/h4-6,11,13H,7-10,12,14H2,1-3H3,(H2,24,31)(H,25,26);1,3-5,10H,6-9,11H2,(H2,18,22)(H,19,20). The minimum absolute atomic E-state index is 0.0535. The lowest BCUT2D eigenvalue weighted by molar-refractivity contribution is -0.157. The van der Waals surface area contributed by atoms with Gasteiger partial charge >= 0.3 is 5.97 Å². The number of amides is 2. The Morgan fingerprint density at radius 1 is 0.831 bits per heavy atom. The zero-order valence-electron chi connectivity index (χ0n) is 33.1. The summed E-state index contributed by atoms with van der Waals surface area (Å²) >= 11 is 2.63. The van der Waals surface area contributed by atoms with E-state index in [0.29, 0.717) is 48.2 Å². The molecule has 2 aliphatic heterocycles. The number of morpholine rings is 2. The molecular weight excluding hydrogens is 795 g/mol.